The van der Waals surface area contributed by atoms with Gasteiger partial charge in [-0.1, -0.05) is 6.07 Å². The molecule has 1 N–H and O–H groups in total. The molecule has 35 heavy (non-hydrogen) atoms. The molecule has 1 aliphatic rings. The van der Waals surface area contributed by atoms with Crippen molar-refractivity contribution in [3.05, 3.63) is 70.5 Å². The van der Waals surface area contributed by atoms with Gasteiger partial charge in [0.05, 0.1) is 4.92 Å². The van der Waals surface area contributed by atoms with E-state index in [4.69, 9.17) is 4.74 Å². The van der Waals surface area contributed by atoms with Gasteiger partial charge < -0.3 is 19.4 Å². The number of nitro groups is 1. The molecule has 0 bridgehead atoms. The normalized spacial score (nSPS) is 13.9. The summed E-state index contributed by atoms with van der Waals surface area (Å²) in [5.41, 5.74) is 1.27. The number of likely N-dealkylation sites (N-methyl/N-ethyl adjacent to an activating group) is 1. The maximum absolute atomic E-state index is 12.3. The van der Waals surface area contributed by atoms with E-state index >= 15 is 0 Å². The third kappa shape index (κ3) is 6.01. The van der Waals surface area contributed by atoms with Crippen LogP contribution in [0.25, 0.3) is 0 Å². The lowest BCUT2D eigenvalue weighted by molar-refractivity contribution is -0.384. The number of ether oxygens (including phenoxy) is 1. The molecule has 0 saturated carbocycles. The Labute approximate surface area is 203 Å². The van der Waals surface area contributed by atoms with Crippen molar-refractivity contribution in [2.75, 3.05) is 55.4 Å². The van der Waals surface area contributed by atoms with Gasteiger partial charge in [0.15, 0.2) is 0 Å². The van der Waals surface area contributed by atoms with Crippen molar-refractivity contribution in [3.8, 4) is 5.75 Å². The van der Waals surface area contributed by atoms with E-state index in [1.807, 2.05) is 43.1 Å². The van der Waals surface area contributed by atoms with Gasteiger partial charge in [0.25, 0.3) is 5.69 Å². The Kier molecular flexibility index (Phi) is 7.06. The van der Waals surface area contributed by atoms with E-state index < -0.39 is 11.0 Å². The molecular weight excluding hydrogens is 450 g/mol. The highest BCUT2D eigenvalue weighted by molar-refractivity contribution is 5.87. The quantitative estimate of drug-likeness (QED) is 0.417. The Bertz CT molecular complexity index is 1210. The second-order valence-electron chi connectivity index (χ2n) is 8.30. The number of piperazine rings is 1. The van der Waals surface area contributed by atoms with Gasteiger partial charge in [0, 0.05) is 62.8 Å². The Morgan fingerprint density at radius 1 is 1.09 bits per heavy atom. The van der Waals surface area contributed by atoms with Crippen LogP contribution in [0.2, 0.25) is 0 Å². The van der Waals surface area contributed by atoms with Gasteiger partial charge >= 0.3 is 6.09 Å². The van der Waals surface area contributed by atoms with Crippen molar-refractivity contribution in [3.63, 3.8) is 0 Å². The van der Waals surface area contributed by atoms with E-state index in [0.717, 1.165) is 43.5 Å². The number of nitro benzene ring substituents is 1. The number of amides is 1. The lowest BCUT2D eigenvalue weighted by atomic mass is 10.2. The van der Waals surface area contributed by atoms with E-state index in [-0.39, 0.29) is 11.4 Å². The lowest BCUT2D eigenvalue weighted by Crippen LogP contribution is -2.45. The number of rotatable bonds is 6. The minimum absolute atomic E-state index is 0.0794. The van der Waals surface area contributed by atoms with Crippen LogP contribution in [0.15, 0.2) is 54.6 Å². The summed E-state index contributed by atoms with van der Waals surface area (Å²) in [4.78, 5) is 38.3. The summed E-state index contributed by atoms with van der Waals surface area (Å²) in [7, 11) is 4.02. The molecule has 0 unspecified atom stereocenters. The summed E-state index contributed by atoms with van der Waals surface area (Å²) in [5, 5.41) is 13.4. The first-order chi connectivity index (χ1) is 16.8. The maximum Gasteiger partial charge on any atom is 0.417 e. The van der Waals surface area contributed by atoms with Crippen LogP contribution in [0.4, 0.5) is 33.5 Å². The number of nitrogens with one attached hydrogen (secondary N) is 1. The number of aromatic nitrogens is 2. The van der Waals surface area contributed by atoms with Gasteiger partial charge in [-0.15, -0.1) is 0 Å². The minimum atomic E-state index is -0.700. The van der Waals surface area contributed by atoms with Gasteiger partial charge in [-0.05, 0) is 44.3 Å². The molecule has 182 valence electrons. The van der Waals surface area contributed by atoms with Crippen molar-refractivity contribution in [2.24, 2.45) is 0 Å². The summed E-state index contributed by atoms with van der Waals surface area (Å²) >= 11 is 0. The number of aryl methyl sites for hydroxylation is 1. The molecule has 0 aliphatic carbocycles. The number of non-ortho nitro benzene ring substituents is 1. The van der Waals surface area contributed by atoms with Crippen LogP contribution in [-0.2, 0) is 0 Å². The van der Waals surface area contributed by atoms with Crippen molar-refractivity contribution < 1.29 is 14.5 Å². The Hall–Kier alpha value is -4.25. The third-order valence-electron chi connectivity index (χ3n) is 5.72. The monoisotopic (exact) mass is 477 g/mol. The first-order valence-electron chi connectivity index (χ1n) is 11.1. The molecule has 3 aromatic rings. The predicted molar refractivity (Wildman–Crippen MR) is 134 cm³/mol. The highest BCUT2D eigenvalue weighted by atomic mass is 16.6. The molecule has 1 saturated heterocycles. The zero-order chi connectivity index (χ0) is 24.9. The van der Waals surface area contributed by atoms with E-state index in [9.17, 15) is 14.9 Å². The number of anilines is 4. The molecule has 0 atom stereocenters. The predicted octanol–water partition coefficient (Wildman–Crippen LogP) is 3.82. The number of carbonyl (C=O) groups is 1. The molecule has 0 radical (unpaired) electrons. The Morgan fingerprint density at radius 3 is 2.49 bits per heavy atom. The zero-order valence-corrected chi connectivity index (χ0v) is 19.8. The van der Waals surface area contributed by atoms with Crippen LogP contribution in [0, 0.1) is 17.0 Å². The molecule has 11 heteroatoms. The number of hydrogen-bond acceptors (Lipinski definition) is 9. The number of carbonyl (C=O) groups excluding carboxylic acids is 1. The van der Waals surface area contributed by atoms with Crippen LogP contribution in [0.3, 0.4) is 0 Å². The standard InChI is InChI=1S/C24H27N7O4/c1-17-25-22(16-23(26-17)30-13-11-28(2)12-14-30)29(3)20-6-4-5-18(15-20)27-24(32)35-21-9-7-19(8-10-21)31(33)34/h4-10,15-16H,11-14H2,1-3H3,(H,27,32). The van der Waals surface area contributed by atoms with E-state index in [1.54, 1.807) is 6.07 Å². The molecule has 11 nitrogen and oxygen atoms in total. The largest absolute Gasteiger partial charge is 0.417 e. The number of hydrogen-bond donors (Lipinski definition) is 1. The topological polar surface area (TPSA) is 117 Å². The van der Waals surface area contributed by atoms with Gasteiger partial charge in [0.1, 0.15) is 23.2 Å². The summed E-state index contributed by atoms with van der Waals surface area (Å²) in [6, 6.07) is 14.6. The van der Waals surface area contributed by atoms with Crippen LogP contribution in [0.5, 0.6) is 5.75 Å². The fourth-order valence-electron chi connectivity index (χ4n) is 3.72. The molecule has 1 aliphatic heterocycles. The fourth-order valence-corrected chi connectivity index (χ4v) is 3.72. The first kappa shape index (κ1) is 23.9. The molecule has 1 fully saturated rings. The summed E-state index contributed by atoms with van der Waals surface area (Å²) in [6.45, 7) is 5.66. The molecule has 2 aromatic carbocycles. The SMILES string of the molecule is Cc1nc(N2CCN(C)CC2)cc(N(C)c2cccc(NC(=O)Oc3ccc([N+](=O)[O-])cc3)c2)n1. The summed E-state index contributed by atoms with van der Waals surface area (Å²) in [5.74, 6) is 2.53. The summed E-state index contributed by atoms with van der Waals surface area (Å²) < 4.78 is 5.23. The van der Waals surface area contributed by atoms with Gasteiger partial charge in [0.2, 0.25) is 0 Å². The highest BCUT2D eigenvalue weighted by Gasteiger charge is 2.18. The van der Waals surface area contributed by atoms with Crippen LogP contribution in [0.1, 0.15) is 5.82 Å². The fraction of sp³-hybridized carbons (Fsp3) is 0.292. The van der Waals surface area contributed by atoms with Crippen molar-refractivity contribution >= 4 is 34.8 Å². The molecule has 1 amide bonds. The second-order valence-corrected chi connectivity index (χ2v) is 8.30. The van der Waals surface area contributed by atoms with Gasteiger partial charge in [-0.2, -0.15) is 0 Å². The first-order valence-corrected chi connectivity index (χ1v) is 11.1. The van der Waals surface area contributed by atoms with Gasteiger partial charge in [-0.25, -0.2) is 14.8 Å². The van der Waals surface area contributed by atoms with E-state index in [2.05, 4.69) is 32.1 Å². The van der Waals surface area contributed by atoms with E-state index in [1.165, 1.54) is 24.3 Å². The third-order valence-corrected chi connectivity index (χ3v) is 5.72. The number of nitrogens with zero attached hydrogens (tertiary/aromatic N) is 6. The van der Waals surface area contributed by atoms with Crippen molar-refractivity contribution in [1.29, 1.82) is 0 Å². The average molecular weight is 478 g/mol. The van der Waals surface area contributed by atoms with Crippen molar-refractivity contribution in [2.45, 2.75) is 6.92 Å². The second kappa shape index (κ2) is 10.3. The van der Waals surface area contributed by atoms with Gasteiger partial charge in [-0.3, -0.25) is 15.4 Å². The van der Waals surface area contributed by atoms with Crippen LogP contribution < -0.4 is 19.9 Å². The van der Waals surface area contributed by atoms with E-state index in [0.29, 0.717) is 11.5 Å². The molecule has 0 spiro atoms. The molecule has 1 aromatic heterocycles. The number of benzene rings is 2. The lowest BCUT2D eigenvalue weighted by Gasteiger charge is -2.33. The Morgan fingerprint density at radius 2 is 1.80 bits per heavy atom. The average Bonchev–Trinajstić information content (AvgIpc) is 2.84. The molecule has 2 heterocycles. The smallest absolute Gasteiger partial charge is 0.410 e. The zero-order valence-electron chi connectivity index (χ0n) is 19.8. The van der Waals surface area contributed by atoms with Crippen molar-refractivity contribution in [1.82, 2.24) is 14.9 Å². The highest BCUT2D eigenvalue weighted by Crippen LogP contribution is 2.27. The van der Waals surface area contributed by atoms with Crippen LogP contribution in [-0.4, -0.2) is 66.2 Å². The molecule has 4 rings (SSSR count). The minimum Gasteiger partial charge on any atom is -0.410 e. The Balaban J connectivity index is 1.45. The molecular formula is C24H27N7O4. The summed E-state index contributed by atoms with van der Waals surface area (Å²) in [6.07, 6.45) is -0.700. The van der Waals surface area contributed by atoms with Crippen LogP contribution >= 0.6 is 0 Å². The maximum atomic E-state index is 12.3.